The number of aryl methyl sites for hydroxylation is 4. The van der Waals surface area contributed by atoms with Crippen molar-refractivity contribution in [1.82, 2.24) is 18.3 Å². The van der Waals surface area contributed by atoms with Crippen molar-refractivity contribution in [2.75, 3.05) is 0 Å². The Hall–Kier alpha value is -10.1. The maximum absolute atomic E-state index is 13.0. The Bertz CT molecular complexity index is 5030. The van der Waals surface area contributed by atoms with E-state index >= 15 is 0 Å². The zero-order valence-electron chi connectivity index (χ0n) is 42.9. The molecule has 11 aromatic carbocycles. The third-order valence-corrected chi connectivity index (χ3v) is 16.4. The van der Waals surface area contributed by atoms with Gasteiger partial charge in [-0.25, -0.2) is 0 Å². The van der Waals surface area contributed by atoms with Crippen molar-refractivity contribution in [2.24, 2.45) is 0 Å². The summed E-state index contributed by atoms with van der Waals surface area (Å²) in [7, 11) is 0. The highest BCUT2D eigenvalue weighted by Crippen LogP contribution is 2.52. The summed E-state index contributed by atoms with van der Waals surface area (Å²) in [5, 5.41) is 24.0. The molecule has 16 aromatic rings. The number of nitrogens with zero attached hydrogens (tertiary/aromatic N) is 5. The number of hydrogen-bond donors (Lipinski definition) is 0. The number of para-hydroxylation sites is 5. The van der Waals surface area contributed by atoms with E-state index in [2.05, 4.69) is 258 Å². The lowest BCUT2D eigenvalue weighted by molar-refractivity contribution is 0.669. The van der Waals surface area contributed by atoms with E-state index < -0.39 is 0 Å². The maximum Gasteiger partial charge on any atom is 0.136 e. The largest absolute Gasteiger partial charge is 0.456 e. The van der Waals surface area contributed by atoms with Gasteiger partial charge in [-0.15, -0.1) is 0 Å². The van der Waals surface area contributed by atoms with Gasteiger partial charge >= 0.3 is 0 Å². The first-order valence-electron chi connectivity index (χ1n) is 26.4. The number of rotatable bonds is 5. The second-order valence-electron chi connectivity index (χ2n) is 21.1. The highest BCUT2D eigenvalue weighted by molar-refractivity contribution is 6.18. The lowest BCUT2D eigenvalue weighted by Crippen LogP contribution is -2.16. The van der Waals surface area contributed by atoms with Gasteiger partial charge in [0.25, 0.3) is 0 Å². The van der Waals surface area contributed by atoms with Crippen LogP contribution in [0.1, 0.15) is 27.8 Å². The van der Waals surface area contributed by atoms with Crippen LogP contribution in [-0.2, 0) is 0 Å². The van der Waals surface area contributed by atoms with Gasteiger partial charge in [-0.05, 0) is 122 Å². The minimum atomic E-state index is 0.536. The van der Waals surface area contributed by atoms with E-state index in [-0.39, 0.29) is 0 Å². The Kier molecular flexibility index (Phi) is 8.98. The Balaban J connectivity index is 1.28. The first-order valence-corrected chi connectivity index (χ1v) is 26.4. The fourth-order valence-electron chi connectivity index (χ4n) is 13.1. The monoisotopic (exact) mass is 985 g/mol. The van der Waals surface area contributed by atoms with Crippen LogP contribution in [0.15, 0.2) is 217 Å². The van der Waals surface area contributed by atoms with Gasteiger partial charge in [0.2, 0.25) is 0 Å². The average molecular weight is 986 g/mol. The predicted molar refractivity (Wildman–Crippen MR) is 320 cm³/mol. The summed E-state index contributed by atoms with van der Waals surface area (Å²) in [5.74, 6) is 0. The van der Waals surface area contributed by atoms with Crippen molar-refractivity contribution in [1.29, 1.82) is 5.26 Å². The molecule has 77 heavy (non-hydrogen) atoms. The van der Waals surface area contributed by atoms with E-state index in [0.717, 1.165) is 165 Å². The highest BCUT2D eigenvalue weighted by atomic mass is 16.3. The molecule has 6 nitrogen and oxygen atoms in total. The van der Waals surface area contributed by atoms with Crippen molar-refractivity contribution in [2.45, 2.75) is 27.7 Å². The third-order valence-electron chi connectivity index (χ3n) is 16.4. The lowest BCUT2D eigenvalue weighted by Gasteiger charge is -2.29. The molecule has 0 aliphatic carbocycles. The standard InChI is InChI=1S/C71H47N5O/c1-41-25-30-50-46-15-5-10-20-57(46)73(61(50)35-41)68-56(40-72)69(74-58-21-11-6-16-47(58)51-31-26-42(2)36-62(51)74)71(76-60-23-13-8-18-49(60)53-33-28-44(4)38-64(53)76)67(45-29-34-55-54-19-9-14-24-65(54)77-66(55)39-45)70(68)75-59-22-12-7-17-48(59)52-32-27-43(3)37-63(52)75/h5-39H,1-4H3. The molecule has 6 heteroatoms. The van der Waals surface area contributed by atoms with Crippen LogP contribution in [0.25, 0.3) is 143 Å². The van der Waals surface area contributed by atoms with Gasteiger partial charge in [0.15, 0.2) is 0 Å². The summed E-state index contributed by atoms with van der Waals surface area (Å²) in [6.45, 7) is 8.68. The summed E-state index contributed by atoms with van der Waals surface area (Å²) in [4.78, 5) is 0. The molecule has 362 valence electrons. The van der Waals surface area contributed by atoms with Crippen LogP contribution in [-0.4, -0.2) is 18.3 Å². The van der Waals surface area contributed by atoms with Crippen LogP contribution in [0.3, 0.4) is 0 Å². The number of fused-ring (bicyclic) bond motifs is 15. The Labute approximate surface area is 442 Å². The summed E-state index contributed by atoms with van der Waals surface area (Å²) in [6.07, 6.45) is 0. The average Bonchev–Trinajstić information content (AvgIpc) is 4.46. The number of furan rings is 1. The molecule has 0 fully saturated rings. The van der Waals surface area contributed by atoms with E-state index in [1.807, 2.05) is 6.07 Å². The van der Waals surface area contributed by atoms with Gasteiger partial charge in [0.05, 0.1) is 66.9 Å². The molecular weight excluding hydrogens is 939 g/mol. The Morgan fingerprint density at radius 3 is 1.00 bits per heavy atom. The van der Waals surface area contributed by atoms with E-state index in [1.165, 1.54) is 0 Å². The zero-order valence-corrected chi connectivity index (χ0v) is 42.9. The molecular formula is C71H47N5O. The van der Waals surface area contributed by atoms with Crippen molar-refractivity contribution in [3.8, 4) is 39.9 Å². The minimum absolute atomic E-state index is 0.536. The molecule has 0 radical (unpaired) electrons. The maximum atomic E-state index is 13.0. The van der Waals surface area contributed by atoms with E-state index in [4.69, 9.17) is 4.42 Å². The first kappa shape index (κ1) is 43.3. The first-order chi connectivity index (χ1) is 37.8. The van der Waals surface area contributed by atoms with Gasteiger partial charge in [0, 0.05) is 59.4 Å². The van der Waals surface area contributed by atoms with Gasteiger partial charge < -0.3 is 22.7 Å². The molecule has 5 heterocycles. The van der Waals surface area contributed by atoms with Crippen LogP contribution in [0.4, 0.5) is 0 Å². The van der Waals surface area contributed by atoms with Gasteiger partial charge in [0.1, 0.15) is 22.8 Å². The van der Waals surface area contributed by atoms with Crippen molar-refractivity contribution < 1.29 is 4.42 Å². The number of nitriles is 1. The molecule has 0 N–H and O–H groups in total. The number of aromatic nitrogens is 4. The minimum Gasteiger partial charge on any atom is -0.456 e. The van der Waals surface area contributed by atoms with Gasteiger partial charge in [-0.2, -0.15) is 5.26 Å². The number of hydrogen-bond acceptors (Lipinski definition) is 2. The molecule has 0 atom stereocenters. The molecule has 0 bridgehead atoms. The zero-order chi connectivity index (χ0) is 51.4. The molecule has 0 aliphatic rings. The predicted octanol–water partition coefficient (Wildman–Crippen LogP) is 18.7. The molecule has 0 saturated carbocycles. The van der Waals surface area contributed by atoms with E-state index in [1.54, 1.807) is 0 Å². The van der Waals surface area contributed by atoms with Crippen molar-refractivity contribution in [3.63, 3.8) is 0 Å². The van der Waals surface area contributed by atoms with Crippen LogP contribution in [0, 0.1) is 39.0 Å². The Morgan fingerprint density at radius 2 is 0.610 bits per heavy atom. The summed E-state index contributed by atoms with van der Waals surface area (Å²) < 4.78 is 16.7. The number of benzene rings is 11. The third kappa shape index (κ3) is 5.99. The van der Waals surface area contributed by atoms with Crippen LogP contribution < -0.4 is 0 Å². The fourth-order valence-corrected chi connectivity index (χ4v) is 13.1. The van der Waals surface area contributed by atoms with E-state index in [9.17, 15) is 5.26 Å². The van der Waals surface area contributed by atoms with Crippen molar-refractivity contribution >= 4 is 109 Å². The normalized spacial score (nSPS) is 12.1. The summed E-state index contributed by atoms with van der Waals surface area (Å²) in [6, 6.07) is 80.2. The quantitative estimate of drug-likeness (QED) is 0.173. The fraction of sp³-hybridized carbons (Fsp3) is 0.0563. The molecule has 0 aliphatic heterocycles. The summed E-state index contributed by atoms with van der Waals surface area (Å²) in [5.41, 5.74) is 20.1. The molecule has 5 aromatic heterocycles. The molecule has 0 spiro atoms. The van der Waals surface area contributed by atoms with Crippen LogP contribution in [0.5, 0.6) is 0 Å². The van der Waals surface area contributed by atoms with Gasteiger partial charge in [-0.3, -0.25) is 0 Å². The Morgan fingerprint density at radius 1 is 0.299 bits per heavy atom. The lowest BCUT2D eigenvalue weighted by atomic mass is 9.92. The second kappa shape index (κ2) is 16.0. The van der Waals surface area contributed by atoms with Gasteiger partial charge in [-0.1, -0.05) is 146 Å². The van der Waals surface area contributed by atoms with Crippen LogP contribution in [0.2, 0.25) is 0 Å². The van der Waals surface area contributed by atoms with E-state index in [0.29, 0.717) is 5.56 Å². The van der Waals surface area contributed by atoms with Crippen LogP contribution >= 0.6 is 0 Å². The molecule has 0 unspecified atom stereocenters. The topological polar surface area (TPSA) is 56.6 Å². The second-order valence-corrected chi connectivity index (χ2v) is 21.1. The molecule has 0 saturated heterocycles. The molecule has 0 amide bonds. The summed E-state index contributed by atoms with van der Waals surface area (Å²) >= 11 is 0. The van der Waals surface area contributed by atoms with Crippen molar-refractivity contribution in [3.05, 3.63) is 240 Å². The highest BCUT2D eigenvalue weighted by Gasteiger charge is 2.35. The molecule has 16 rings (SSSR count). The SMILES string of the molecule is Cc1ccc2c3ccccc3n(-c3c(C#N)c(-n4c5ccccc5c5ccc(C)cc54)c(-n4c5ccccc5c5ccc(C)cc54)c(-c4ccc5c(c4)oc4ccccc45)c3-n3c4ccccc4c4ccc(C)cc43)c2c1. The smallest absolute Gasteiger partial charge is 0.136 e.